The summed E-state index contributed by atoms with van der Waals surface area (Å²) in [6.45, 7) is 2.10. The molecule has 2 rings (SSSR count). The monoisotopic (exact) mass is 219 g/mol. The molecule has 0 bridgehead atoms. The van der Waals surface area contributed by atoms with Gasteiger partial charge in [-0.3, -0.25) is 4.79 Å². The number of likely N-dealkylation sites (N-methyl/N-ethyl adjacent to an activating group) is 1. The quantitative estimate of drug-likeness (QED) is 0.706. The van der Waals surface area contributed by atoms with Gasteiger partial charge in [-0.1, -0.05) is 6.07 Å². The van der Waals surface area contributed by atoms with Crippen LogP contribution in [-0.4, -0.2) is 25.5 Å². The van der Waals surface area contributed by atoms with Crippen LogP contribution in [-0.2, 0) is 16.0 Å². The summed E-state index contributed by atoms with van der Waals surface area (Å²) in [5.74, 6) is -0.353. The van der Waals surface area contributed by atoms with Crippen molar-refractivity contribution < 1.29 is 14.3 Å². The van der Waals surface area contributed by atoms with Crippen molar-refractivity contribution in [2.45, 2.75) is 13.3 Å². The highest BCUT2D eigenvalue weighted by Crippen LogP contribution is 2.30. The molecule has 1 aromatic rings. The van der Waals surface area contributed by atoms with Crippen LogP contribution in [0.4, 0.5) is 5.69 Å². The topological polar surface area (TPSA) is 46.6 Å². The lowest BCUT2D eigenvalue weighted by molar-refractivity contribution is -0.117. The Bertz CT molecular complexity index is 454. The Morgan fingerprint density at radius 2 is 2.25 bits per heavy atom. The Morgan fingerprint density at radius 3 is 2.94 bits per heavy atom. The van der Waals surface area contributed by atoms with E-state index in [1.807, 2.05) is 6.07 Å². The fourth-order valence-electron chi connectivity index (χ4n) is 1.88. The van der Waals surface area contributed by atoms with Gasteiger partial charge < -0.3 is 9.64 Å². The van der Waals surface area contributed by atoms with Crippen LogP contribution in [0.2, 0.25) is 0 Å². The maximum atomic E-state index is 11.7. The van der Waals surface area contributed by atoms with E-state index in [-0.39, 0.29) is 18.3 Å². The van der Waals surface area contributed by atoms with Gasteiger partial charge in [-0.25, -0.2) is 4.79 Å². The number of hydrogen-bond acceptors (Lipinski definition) is 3. The third-order valence-corrected chi connectivity index (χ3v) is 2.71. The third kappa shape index (κ3) is 1.56. The molecule has 0 saturated heterocycles. The molecule has 0 unspecified atom stereocenters. The van der Waals surface area contributed by atoms with E-state index in [4.69, 9.17) is 4.74 Å². The van der Waals surface area contributed by atoms with Crippen molar-refractivity contribution in [3.8, 4) is 0 Å². The van der Waals surface area contributed by atoms with E-state index in [2.05, 4.69) is 0 Å². The molecule has 0 fully saturated rings. The van der Waals surface area contributed by atoms with E-state index in [0.29, 0.717) is 12.2 Å². The van der Waals surface area contributed by atoms with E-state index in [0.717, 1.165) is 11.3 Å². The van der Waals surface area contributed by atoms with Crippen LogP contribution >= 0.6 is 0 Å². The van der Waals surface area contributed by atoms with Gasteiger partial charge in [0.1, 0.15) is 0 Å². The fourth-order valence-corrected chi connectivity index (χ4v) is 1.88. The number of carbonyl (C=O) groups is 2. The number of benzene rings is 1. The van der Waals surface area contributed by atoms with E-state index in [1.54, 1.807) is 31.0 Å². The SMILES string of the molecule is CCOC(=O)c1cccc2c1CC(=O)N2C. The molecule has 0 spiro atoms. The van der Waals surface area contributed by atoms with Crippen molar-refractivity contribution in [3.05, 3.63) is 29.3 Å². The first-order valence-electron chi connectivity index (χ1n) is 5.20. The zero-order chi connectivity index (χ0) is 11.7. The smallest absolute Gasteiger partial charge is 0.338 e. The summed E-state index contributed by atoms with van der Waals surface area (Å²) in [5, 5.41) is 0. The van der Waals surface area contributed by atoms with E-state index >= 15 is 0 Å². The number of carbonyl (C=O) groups excluding carboxylic acids is 2. The van der Waals surface area contributed by atoms with Crippen molar-refractivity contribution >= 4 is 17.6 Å². The fraction of sp³-hybridized carbons (Fsp3) is 0.333. The molecule has 4 heteroatoms. The van der Waals surface area contributed by atoms with Gasteiger partial charge in [0.05, 0.1) is 18.6 Å². The first kappa shape index (κ1) is 10.7. The van der Waals surface area contributed by atoms with Crippen LogP contribution in [0.1, 0.15) is 22.8 Å². The molecule has 4 nitrogen and oxygen atoms in total. The first-order chi connectivity index (χ1) is 7.65. The Hall–Kier alpha value is -1.84. The number of anilines is 1. The summed E-state index contributed by atoms with van der Waals surface area (Å²) >= 11 is 0. The molecule has 0 radical (unpaired) electrons. The molecule has 0 atom stereocenters. The molecule has 1 aliphatic rings. The first-order valence-corrected chi connectivity index (χ1v) is 5.20. The number of amides is 1. The molecule has 0 saturated carbocycles. The second kappa shape index (κ2) is 3.96. The molecule has 1 heterocycles. The lowest BCUT2D eigenvalue weighted by Gasteiger charge is -2.10. The minimum Gasteiger partial charge on any atom is -0.462 e. The largest absolute Gasteiger partial charge is 0.462 e. The second-order valence-corrected chi connectivity index (χ2v) is 3.65. The number of ether oxygens (including phenoxy) is 1. The van der Waals surface area contributed by atoms with Crippen molar-refractivity contribution in [2.24, 2.45) is 0 Å². The van der Waals surface area contributed by atoms with Gasteiger partial charge in [-0.05, 0) is 24.6 Å². The summed E-state index contributed by atoms with van der Waals surface area (Å²) in [7, 11) is 1.71. The third-order valence-electron chi connectivity index (χ3n) is 2.71. The normalized spacial score (nSPS) is 13.9. The summed E-state index contributed by atoms with van der Waals surface area (Å²) in [4.78, 5) is 24.8. The van der Waals surface area contributed by atoms with Crippen LogP contribution in [0.25, 0.3) is 0 Å². The Morgan fingerprint density at radius 1 is 1.50 bits per heavy atom. The molecular weight excluding hydrogens is 206 g/mol. The summed E-state index contributed by atoms with van der Waals surface area (Å²) in [5.41, 5.74) is 2.07. The zero-order valence-electron chi connectivity index (χ0n) is 9.32. The van der Waals surface area contributed by atoms with Gasteiger partial charge >= 0.3 is 5.97 Å². The van der Waals surface area contributed by atoms with E-state index < -0.39 is 0 Å². The second-order valence-electron chi connectivity index (χ2n) is 3.65. The van der Waals surface area contributed by atoms with Crippen LogP contribution in [0.15, 0.2) is 18.2 Å². The van der Waals surface area contributed by atoms with Crippen LogP contribution in [0.5, 0.6) is 0 Å². The highest BCUT2D eigenvalue weighted by atomic mass is 16.5. The van der Waals surface area contributed by atoms with Gasteiger partial charge in [-0.15, -0.1) is 0 Å². The average Bonchev–Trinajstić information content (AvgIpc) is 2.55. The molecule has 84 valence electrons. The highest BCUT2D eigenvalue weighted by Gasteiger charge is 2.28. The molecule has 1 amide bonds. The number of fused-ring (bicyclic) bond motifs is 1. The van der Waals surface area contributed by atoms with Crippen molar-refractivity contribution in [1.82, 2.24) is 0 Å². The molecule has 1 aromatic carbocycles. The number of esters is 1. The van der Waals surface area contributed by atoms with Gasteiger partial charge in [-0.2, -0.15) is 0 Å². The van der Waals surface area contributed by atoms with Crippen molar-refractivity contribution in [2.75, 3.05) is 18.6 Å². The number of hydrogen-bond donors (Lipinski definition) is 0. The standard InChI is InChI=1S/C12H13NO3/c1-3-16-12(15)8-5-4-6-10-9(8)7-11(14)13(10)2/h4-6H,3,7H2,1-2H3. The van der Waals surface area contributed by atoms with Crippen LogP contribution in [0.3, 0.4) is 0 Å². The van der Waals surface area contributed by atoms with Gasteiger partial charge in [0.2, 0.25) is 5.91 Å². The minimum absolute atomic E-state index is 0.00625. The predicted octanol–water partition coefficient (Wildman–Crippen LogP) is 1.38. The Kier molecular flexibility index (Phi) is 2.64. The van der Waals surface area contributed by atoms with Crippen molar-refractivity contribution in [3.63, 3.8) is 0 Å². The molecule has 1 aliphatic heterocycles. The maximum absolute atomic E-state index is 11.7. The summed E-state index contributed by atoms with van der Waals surface area (Å²) < 4.78 is 4.95. The van der Waals surface area contributed by atoms with Crippen LogP contribution in [0, 0.1) is 0 Å². The number of nitrogens with zero attached hydrogens (tertiary/aromatic N) is 1. The zero-order valence-corrected chi connectivity index (χ0v) is 9.32. The Labute approximate surface area is 93.8 Å². The predicted molar refractivity (Wildman–Crippen MR) is 59.5 cm³/mol. The Balaban J connectivity index is 2.44. The maximum Gasteiger partial charge on any atom is 0.338 e. The molecule has 0 N–H and O–H groups in total. The molecule has 0 aliphatic carbocycles. The van der Waals surface area contributed by atoms with Gasteiger partial charge in [0.15, 0.2) is 0 Å². The number of rotatable bonds is 2. The van der Waals surface area contributed by atoms with E-state index in [1.165, 1.54) is 0 Å². The summed E-state index contributed by atoms with van der Waals surface area (Å²) in [6.07, 6.45) is 0.279. The average molecular weight is 219 g/mol. The van der Waals surface area contributed by atoms with Gasteiger partial charge in [0, 0.05) is 12.7 Å². The lowest BCUT2D eigenvalue weighted by Crippen LogP contribution is -2.20. The van der Waals surface area contributed by atoms with Crippen molar-refractivity contribution in [1.29, 1.82) is 0 Å². The van der Waals surface area contributed by atoms with E-state index in [9.17, 15) is 9.59 Å². The molecular formula is C12H13NO3. The molecule has 0 aromatic heterocycles. The van der Waals surface area contributed by atoms with Crippen LogP contribution < -0.4 is 4.90 Å². The van der Waals surface area contributed by atoms with Gasteiger partial charge in [0.25, 0.3) is 0 Å². The lowest BCUT2D eigenvalue weighted by atomic mass is 10.1. The minimum atomic E-state index is -0.359. The highest BCUT2D eigenvalue weighted by molar-refractivity contribution is 6.05. The molecule has 16 heavy (non-hydrogen) atoms. The summed E-state index contributed by atoms with van der Waals surface area (Å²) in [6, 6.07) is 5.30.